The van der Waals surface area contributed by atoms with Crippen molar-refractivity contribution < 1.29 is 9.21 Å². The van der Waals surface area contributed by atoms with Gasteiger partial charge in [-0.1, -0.05) is 12.8 Å². The Kier molecular flexibility index (Phi) is 3.99. The van der Waals surface area contributed by atoms with Gasteiger partial charge >= 0.3 is 0 Å². The molecule has 1 heterocycles. The third-order valence-corrected chi connectivity index (χ3v) is 4.12. The molecular weight excluding hydrogens is 240 g/mol. The summed E-state index contributed by atoms with van der Waals surface area (Å²) < 4.78 is 5.52. The summed E-state index contributed by atoms with van der Waals surface area (Å²) in [5.74, 6) is 1.76. The monoisotopic (exact) mass is 264 g/mol. The standard InChI is InChI=1S/C15H24N2O2/c1-11-7-8-12(19-11)10-17(3)14(18)13-6-4-5-9-15(13,2)16/h7-8,13H,4-6,9-10,16H2,1-3H3. The van der Waals surface area contributed by atoms with Crippen molar-refractivity contribution in [2.75, 3.05) is 7.05 Å². The van der Waals surface area contributed by atoms with Crippen molar-refractivity contribution >= 4 is 5.91 Å². The summed E-state index contributed by atoms with van der Waals surface area (Å²) in [5.41, 5.74) is 5.91. The molecule has 1 aliphatic rings. The van der Waals surface area contributed by atoms with Crippen LogP contribution in [0.2, 0.25) is 0 Å². The number of hydrogen-bond acceptors (Lipinski definition) is 3. The molecule has 1 saturated carbocycles. The molecule has 4 nitrogen and oxygen atoms in total. The average Bonchev–Trinajstić information content (AvgIpc) is 2.73. The molecule has 4 heteroatoms. The Hall–Kier alpha value is -1.29. The highest BCUT2D eigenvalue weighted by Gasteiger charge is 2.39. The van der Waals surface area contributed by atoms with Crippen LogP contribution in [0.25, 0.3) is 0 Å². The number of nitrogens with two attached hydrogens (primary N) is 1. The van der Waals surface area contributed by atoms with Crippen molar-refractivity contribution in [2.45, 2.75) is 51.6 Å². The average molecular weight is 264 g/mol. The molecule has 0 spiro atoms. The highest BCUT2D eigenvalue weighted by Crippen LogP contribution is 2.33. The Morgan fingerprint density at radius 2 is 2.26 bits per heavy atom. The first-order valence-corrected chi connectivity index (χ1v) is 6.99. The molecule has 2 rings (SSSR count). The van der Waals surface area contributed by atoms with Gasteiger partial charge in [-0.15, -0.1) is 0 Å². The van der Waals surface area contributed by atoms with Crippen LogP contribution in [0.3, 0.4) is 0 Å². The van der Waals surface area contributed by atoms with Crippen LogP contribution < -0.4 is 5.73 Å². The first-order chi connectivity index (χ1) is 8.90. The van der Waals surface area contributed by atoms with Gasteiger partial charge in [0, 0.05) is 12.6 Å². The smallest absolute Gasteiger partial charge is 0.227 e. The molecule has 2 atom stereocenters. The summed E-state index contributed by atoms with van der Waals surface area (Å²) in [5, 5.41) is 0. The summed E-state index contributed by atoms with van der Waals surface area (Å²) in [7, 11) is 1.82. The van der Waals surface area contributed by atoms with Gasteiger partial charge in [0.1, 0.15) is 11.5 Å². The number of aryl methyl sites for hydroxylation is 1. The van der Waals surface area contributed by atoms with Gasteiger partial charge in [-0.2, -0.15) is 0 Å². The minimum Gasteiger partial charge on any atom is -0.464 e. The highest BCUT2D eigenvalue weighted by atomic mass is 16.3. The van der Waals surface area contributed by atoms with Crippen LogP contribution in [0.5, 0.6) is 0 Å². The van der Waals surface area contributed by atoms with Gasteiger partial charge in [0.15, 0.2) is 0 Å². The topological polar surface area (TPSA) is 59.5 Å². The second-order valence-corrected chi connectivity index (χ2v) is 6.01. The first-order valence-electron chi connectivity index (χ1n) is 6.99. The first kappa shape index (κ1) is 14.1. The van der Waals surface area contributed by atoms with Crippen LogP contribution in [-0.4, -0.2) is 23.4 Å². The molecule has 0 saturated heterocycles. The summed E-state index contributed by atoms with van der Waals surface area (Å²) in [6.07, 6.45) is 4.04. The van der Waals surface area contributed by atoms with Gasteiger partial charge in [-0.25, -0.2) is 0 Å². The van der Waals surface area contributed by atoms with Crippen LogP contribution in [0.1, 0.15) is 44.1 Å². The second-order valence-electron chi connectivity index (χ2n) is 6.01. The second kappa shape index (κ2) is 5.37. The van der Waals surface area contributed by atoms with Gasteiger partial charge < -0.3 is 15.1 Å². The van der Waals surface area contributed by atoms with Crippen LogP contribution in [0.15, 0.2) is 16.5 Å². The predicted octanol–water partition coefficient (Wildman–Crippen LogP) is 2.45. The molecule has 106 valence electrons. The number of amides is 1. The Morgan fingerprint density at radius 1 is 1.53 bits per heavy atom. The van der Waals surface area contributed by atoms with Gasteiger partial charge in [0.25, 0.3) is 0 Å². The van der Waals surface area contributed by atoms with E-state index >= 15 is 0 Å². The Balaban J connectivity index is 2.02. The number of carbonyl (C=O) groups excluding carboxylic acids is 1. The predicted molar refractivity (Wildman–Crippen MR) is 74.5 cm³/mol. The molecule has 19 heavy (non-hydrogen) atoms. The van der Waals surface area contributed by atoms with E-state index in [0.29, 0.717) is 6.54 Å². The zero-order valence-electron chi connectivity index (χ0n) is 12.1. The molecule has 2 N–H and O–H groups in total. The third kappa shape index (κ3) is 3.18. The number of rotatable bonds is 3. The fourth-order valence-electron chi connectivity index (χ4n) is 2.91. The highest BCUT2D eigenvalue weighted by molar-refractivity contribution is 5.80. The Bertz CT molecular complexity index is 451. The van der Waals surface area contributed by atoms with Crippen LogP contribution >= 0.6 is 0 Å². The molecular formula is C15H24N2O2. The van der Waals surface area contributed by atoms with Gasteiger partial charge in [-0.05, 0) is 38.8 Å². The largest absolute Gasteiger partial charge is 0.464 e. The van der Waals surface area contributed by atoms with E-state index in [9.17, 15) is 4.79 Å². The minimum absolute atomic E-state index is 0.0673. The molecule has 2 unspecified atom stereocenters. The number of furan rings is 1. The number of nitrogens with zero attached hydrogens (tertiary/aromatic N) is 1. The van der Waals surface area contributed by atoms with Crippen molar-refractivity contribution in [2.24, 2.45) is 11.7 Å². The minimum atomic E-state index is -0.372. The van der Waals surface area contributed by atoms with E-state index in [1.807, 2.05) is 33.0 Å². The molecule has 0 bridgehead atoms. The van der Waals surface area contributed by atoms with E-state index in [1.54, 1.807) is 4.90 Å². The summed E-state index contributed by atoms with van der Waals surface area (Å²) >= 11 is 0. The van der Waals surface area contributed by atoms with E-state index in [0.717, 1.165) is 37.2 Å². The van der Waals surface area contributed by atoms with E-state index in [1.165, 1.54) is 0 Å². The lowest BCUT2D eigenvalue weighted by Gasteiger charge is -2.39. The molecule has 0 aliphatic heterocycles. The van der Waals surface area contributed by atoms with Crippen molar-refractivity contribution in [1.82, 2.24) is 4.90 Å². The Morgan fingerprint density at radius 3 is 2.84 bits per heavy atom. The van der Waals surface area contributed by atoms with Gasteiger partial charge in [0.05, 0.1) is 12.5 Å². The fourth-order valence-corrected chi connectivity index (χ4v) is 2.91. The Labute approximate surface area is 114 Å². The molecule has 1 amide bonds. The lowest BCUT2D eigenvalue weighted by Crippen LogP contribution is -2.52. The molecule has 1 aromatic heterocycles. The van der Waals surface area contributed by atoms with Crippen LogP contribution in [0.4, 0.5) is 0 Å². The van der Waals surface area contributed by atoms with Crippen LogP contribution in [-0.2, 0) is 11.3 Å². The van der Waals surface area contributed by atoms with Gasteiger partial charge in [-0.3, -0.25) is 4.79 Å². The molecule has 1 aromatic rings. The van der Waals surface area contributed by atoms with E-state index in [4.69, 9.17) is 10.2 Å². The van der Waals surface area contributed by atoms with Crippen molar-refractivity contribution in [3.05, 3.63) is 23.7 Å². The number of hydrogen-bond donors (Lipinski definition) is 1. The maximum atomic E-state index is 12.5. The zero-order chi connectivity index (χ0) is 14.0. The maximum absolute atomic E-state index is 12.5. The van der Waals surface area contributed by atoms with E-state index in [2.05, 4.69) is 0 Å². The SMILES string of the molecule is Cc1ccc(CN(C)C(=O)C2CCCCC2(C)N)o1. The zero-order valence-corrected chi connectivity index (χ0v) is 12.1. The quantitative estimate of drug-likeness (QED) is 0.912. The maximum Gasteiger partial charge on any atom is 0.227 e. The van der Waals surface area contributed by atoms with E-state index in [-0.39, 0.29) is 17.4 Å². The summed E-state index contributed by atoms with van der Waals surface area (Å²) in [6.45, 7) is 4.42. The summed E-state index contributed by atoms with van der Waals surface area (Å²) in [4.78, 5) is 14.3. The molecule has 1 aliphatic carbocycles. The third-order valence-electron chi connectivity index (χ3n) is 4.12. The lowest BCUT2D eigenvalue weighted by atomic mass is 9.74. The summed E-state index contributed by atoms with van der Waals surface area (Å²) in [6, 6.07) is 3.84. The van der Waals surface area contributed by atoms with Crippen molar-refractivity contribution in [3.63, 3.8) is 0 Å². The van der Waals surface area contributed by atoms with Crippen LogP contribution in [0, 0.1) is 12.8 Å². The molecule has 1 fully saturated rings. The van der Waals surface area contributed by atoms with Crippen molar-refractivity contribution in [1.29, 1.82) is 0 Å². The normalized spacial score (nSPS) is 27.3. The lowest BCUT2D eigenvalue weighted by molar-refractivity contribution is -0.138. The van der Waals surface area contributed by atoms with Crippen molar-refractivity contribution in [3.8, 4) is 0 Å². The molecule has 0 radical (unpaired) electrons. The van der Waals surface area contributed by atoms with Gasteiger partial charge in [0.2, 0.25) is 5.91 Å². The molecule has 0 aromatic carbocycles. The fraction of sp³-hybridized carbons (Fsp3) is 0.667. The van der Waals surface area contributed by atoms with E-state index < -0.39 is 0 Å². The number of carbonyl (C=O) groups is 1.